The Labute approximate surface area is 180 Å². The van der Waals surface area contributed by atoms with E-state index in [1.165, 1.54) is 0 Å². The lowest BCUT2D eigenvalue weighted by Crippen LogP contribution is -2.54. The fraction of sp³-hybridized carbons (Fsp3) is 0.833. The quantitative estimate of drug-likeness (QED) is 0.190. The molecular formula is C18H34N4O9. The molecule has 1 fully saturated rings. The van der Waals surface area contributed by atoms with Gasteiger partial charge in [-0.25, -0.2) is 0 Å². The SMILES string of the molecule is O=C(O)CN1CCN(CC(=O)O)CCN(C(CO)[C@@H](O)CO)CCN(CC(=O)O)CC1. The summed E-state index contributed by atoms with van der Waals surface area (Å²) in [4.78, 5) is 40.3. The summed E-state index contributed by atoms with van der Waals surface area (Å²) in [7, 11) is 0. The standard InChI is InChI=1S/C18H34N4O9/c23-12-14(15(25)13-24)22-7-5-20(10-17(28)29)3-1-19(9-16(26)27)2-4-21(6-8-22)11-18(30)31/h14-15,23-25H,1-13H2,(H,26,27)(H,28,29)(H,30,31)/t14?,15-/m0/s1. The molecule has 0 aromatic rings. The maximum absolute atomic E-state index is 11.2. The van der Waals surface area contributed by atoms with E-state index < -0.39 is 43.3 Å². The molecule has 1 saturated heterocycles. The van der Waals surface area contributed by atoms with Gasteiger partial charge in [0.1, 0.15) is 0 Å². The van der Waals surface area contributed by atoms with E-state index in [1.807, 2.05) is 0 Å². The largest absolute Gasteiger partial charge is 0.480 e. The Hall–Kier alpha value is -1.87. The summed E-state index contributed by atoms with van der Waals surface area (Å²) in [6.45, 7) is 0.396. The van der Waals surface area contributed by atoms with Gasteiger partial charge in [0, 0.05) is 52.4 Å². The van der Waals surface area contributed by atoms with Crippen molar-refractivity contribution in [3.63, 3.8) is 0 Å². The zero-order chi connectivity index (χ0) is 23.4. The van der Waals surface area contributed by atoms with E-state index in [1.54, 1.807) is 19.6 Å². The number of aliphatic hydroxyl groups excluding tert-OH is 3. The van der Waals surface area contributed by atoms with Crippen LogP contribution in [-0.2, 0) is 14.4 Å². The minimum Gasteiger partial charge on any atom is -0.480 e. The third kappa shape index (κ3) is 10.8. The van der Waals surface area contributed by atoms with Crippen LogP contribution in [-0.4, -0.2) is 165 Å². The maximum Gasteiger partial charge on any atom is 0.317 e. The van der Waals surface area contributed by atoms with Crippen LogP contribution < -0.4 is 0 Å². The number of carboxylic acid groups (broad SMARTS) is 3. The smallest absolute Gasteiger partial charge is 0.317 e. The van der Waals surface area contributed by atoms with Crippen LogP contribution in [0.15, 0.2) is 0 Å². The predicted molar refractivity (Wildman–Crippen MR) is 108 cm³/mol. The van der Waals surface area contributed by atoms with Gasteiger partial charge in [-0.05, 0) is 0 Å². The number of hydrogen-bond acceptors (Lipinski definition) is 10. The topological polar surface area (TPSA) is 186 Å². The summed E-state index contributed by atoms with van der Waals surface area (Å²) in [5.41, 5.74) is 0. The van der Waals surface area contributed by atoms with Crippen molar-refractivity contribution in [1.29, 1.82) is 0 Å². The van der Waals surface area contributed by atoms with E-state index in [2.05, 4.69) is 0 Å². The summed E-state index contributed by atoms with van der Waals surface area (Å²) in [6.07, 6.45) is -1.22. The summed E-state index contributed by atoms with van der Waals surface area (Å²) in [5, 5.41) is 56.6. The first-order valence-electron chi connectivity index (χ1n) is 10.1. The highest BCUT2D eigenvalue weighted by molar-refractivity contribution is 5.69. The monoisotopic (exact) mass is 450 g/mol. The summed E-state index contributed by atoms with van der Waals surface area (Å²) < 4.78 is 0. The Balaban J connectivity index is 3.05. The van der Waals surface area contributed by atoms with Crippen LogP contribution in [0.5, 0.6) is 0 Å². The second-order valence-electron chi connectivity index (χ2n) is 7.55. The van der Waals surface area contributed by atoms with E-state index in [0.29, 0.717) is 0 Å². The molecule has 1 aliphatic heterocycles. The third-order valence-corrected chi connectivity index (χ3v) is 5.24. The van der Waals surface area contributed by atoms with Crippen molar-refractivity contribution in [2.45, 2.75) is 12.1 Å². The van der Waals surface area contributed by atoms with E-state index in [4.69, 9.17) is 5.11 Å². The number of carboxylic acids is 3. The lowest BCUT2D eigenvalue weighted by molar-refractivity contribution is -0.140. The molecule has 1 heterocycles. The Morgan fingerprint density at radius 1 is 0.613 bits per heavy atom. The van der Waals surface area contributed by atoms with Gasteiger partial charge in [0.15, 0.2) is 0 Å². The van der Waals surface area contributed by atoms with E-state index >= 15 is 0 Å². The lowest BCUT2D eigenvalue weighted by atomic mass is 10.1. The number of hydrogen-bond donors (Lipinski definition) is 6. The van der Waals surface area contributed by atoms with Crippen molar-refractivity contribution in [2.75, 3.05) is 85.2 Å². The third-order valence-electron chi connectivity index (χ3n) is 5.24. The molecule has 13 heteroatoms. The first kappa shape index (κ1) is 27.2. The van der Waals surface area contributed by atoms with Gasteiger partial charge in [-0.1, -0.05) is 0 Å². The molecule has 13 nitrogen and oxygen atoms in total. The number of rotatable bonds is 10. The molecule has 0 bridgehead atoms. The van der Waals surface area contributed by atoms with Crippen LogP contribution in [0.2, 0.25) is 0 Å². The van der Waals surface area contributed by atoms with Crippen molar-refractivity contribution in [3.05, 3.63) is 0 Å². The van der Waals surface area contributed by atoms with Gasteiger partial charge in [0.25, 0.3) is 0 Å². The molecule has 0 aliphatic carbocycles. The van der Waals surface area contributed by atoms with Gasteiger partial charge in [-0.15, -0.1) is 0 Å². The van der Waals surface area contributed by atoms with Crippen LogP contribution in [0.1, 0.15) is 0 Å². The Bertz CT molecular complexity index is 548. The number of aliphatic carboxylic acids is 3. The van der Waals surface area contributed by atoms with Gasteiger partial charge in [0.2, 0.25) is 0 Å². The molecule has 31 heavy (non-hydrogen) atoms. The van der Waals surface area contributed by atoms with Crippen molar-refractivity contribution in [1.82, 2.24) is 19.6 Å². The number of aliphatic hydroxyl groups is 3. The molecule has 0 radical (unpaired) electrons. The Kier molecular flexibility index (Phi) is 12.5. The normalized spacial score (nSPS) is 21.0. The Morgan fingerprint density at radius 2 is 0.935 bits per heavy atom. The van der Waals surface area contributed by atoms with Gasteiger partial charge in [-0.2, -0.15) is 0 Å². The second-order valence-corrected chi connectivity index (χ2v) is 7.55. The minimum atomic E-state index is -1.22. The highest BCUT2D eigenvalue weighted by Crippen LogP contribution is 2.08. The van der Waals surface area contributed by atoms with E-state index in [-0.39, 0.29) is 72.0 Å². The first-order valence-corrected chi connectivity index (χ1v) is 10.1. The van der Waals surface area contributed by atoms with Crippen LogP contribution in [0, 0.1) is 0 Å². The summed E-state index contributed by atoms with van der Waals surface area (Å²) >= 11 is 0. The highest BCUT2D eigenvalue weighted by atomic mass is 16.4. The van der Waals surface area contributed by atoms with Crippen molar-refractivity contribution < 1.29 is 45.0 Å². The fourth-order valence-electron chi connectivity index (χ4n) is 3.53. The van der Waals surface area contributed by atoms with Crippen molar-refractivity contribution in [2.24, 2.45) is 0 Å². The van der Waals surface area contributed by atoms with Crippen LogP contribution >= 0.6 is 0 Å². The first-order chi connectivity index (χ1) is 14.7. The summed E-state index contributed by atoms with van der Waals surface area (Å²) in [5.74, 6) is -3.10. The molecule has 0 saturated carbocycles. The molecule has 1 rings (SSSR count). The van der Waals surface area contributed by atoms with Crippen LogP contribution in [0.4, 0.5) is 0 Å². The number of nitrogens with zero attached hydrogens (tertiary/aromatic N) is 4. The fourth-order valence-corrected chi connectivity index (χ4v) is 3.53. The van der Waals surface area contributed by atoms with Gasteiger partial charge >= 0.3 is 17.9 Å². The molecule has 0 aromatic carbocycles. The van der Waals surface area contributed by atoms with E-state index in [9.17, 15) is 39.9 Å². The Morgan fingerprint density at radius 3 is 1.19 bits per heavy atom. The van der Waals surface area contributed by atoms with Crippen LogP contribution in [0.3, 0.4) is 0 Å². The average Bonchev–Trinajstić information content (AvgIpc) is 2.68. The predicted octanol–water partition coefficient (Wildman–Crippen LogP) is -3.82. The molecule has 6 N–H and O–H groups in total. The van der Waals surface area contributed by atoms with Crippen molar-refractivity contribution >= 4 is 17.9 Å². The van der Waals surface area contributed by atoms with Crippen molar-refractivity contribution in [3.8, 4) is 0 Å². The van der Waals surface area contributed by atoms with Gasteiger partial charge in [-0.3, -0.25) is 34.0 Å². The molecular weight excluding hydrogens is 416 g/mol. The van der Waals surface area contributed by atoms with Gasteiger partial charge < -0.3 is 30.6 Å². The maximum atomic E-state index is 11.2. The summed E-state index contributed by atoms with van der Waals surface area (Å²) in [6, 6.07) is -0.796. The molecule has 0 aromatic heterocycles. The number of carbonyl (C=O) groups is 3. The van der Waals surface area contributed by atoms with Gasteiger partial charge in [0.05, 0.1) is 45.0 Å². The molecule has 180 valence electrons. The van der Waals surface area contributed by atoms with Crippen LogP contribution in [0.25, 0.3) is 0 Å². The lowest BCUT2D eigenvalue weighted by Gasteiger charge is -2.37. The zero-order valence-corrected chi connectivity index (χ0v) is 17.5. The average molecular weight is 450 g/mol. The molecule has 1 unspecified atom stereocenters. The zero-order valence-electron chi connectivity index (χ0n) is 17.5. The van der Waals surface area contributed by atoms with E-state index in [0.717, 1.165) is 0 Å². The molecule has 0 spiro atoms. The minimum absolute atomic E-state index is 0.247. The molecule has 1 aliphatic rings. The highest BCUT2D eigenvalue weighted by Gasteiger charge is 2.27. The molecule has 2 atom stereocenters. The second kappa shape index (κ2) is 14.2. The molecule has 0 amide bonds.